The van der Waals surface area contributed by atoms with Crippen LogP contribution in [0.3, 0.4) is 0 Å². The standard InChI is InChI=1S/C30H39N5O4/c1-19-31-23-3-2-4-25(27(23)29(38)35(19)24-5-6-26(36)32-28(24)37)39-12-11-33-7-9-34(10-8-33)30-16-20-13-21(17-30)15-22(14-20)18-30/h2-4,20-22,24H,5-18H2,1H3,(H,32,36,37). The lowest BCUT2D eigenvalue weighted by Gasteiger charge is -2.61. The zero-order chi connectivity index (χ0) is 26.7. The molecule has 4 saturated carbocycles. The third-order valence-corrected chi connectivity index (χ3v) is 10.3. The minimum absolute atomic E-state index is 0.203. The normalized spacial score (nSPS) is 33.1. The summed E-state index contributed by atoms with van der Waals surface area (Å²) in [4.78, 5) is 47.7. The van der Waals surface area contributed by atoms with E-state index in [1.165, 1.54) is 43.1 Å². The van der Waals surface area contributed by atoms with E-state index in [4.69, 9.17) is 4.74 Å². The number of nitrogens with zero attached hydrogens (tertiary/aromatic N) is 4. The Bertz CT molecular complexity index is 1330. The Balaban J connectivity index is 1.01. The minimum atomic E-state index is -0.745. The number of piperidine rings is 1. The Morgan fingerprint density at radius 2 is 1.69 bits per heavy atom. The third kappa shape index (κ3) is 4.47. The molecular weight excluding hydrogens is 494 g/mol. The number of aromatic nitrogens is 2. The zero-order valence-electron chi connectivity index (χ0n) is 22.9. The van der Waals surface area contributed by atoms with Crippen molar-refractivity contribution in [3.05, 3.63) is 34.4 Å². The van der Waals surface area contributed by atoms with Gasteiger partial charge in [0.25, 0.3) is 5.56 Å². The summed E-state index contributed by atoms with van der Waals surface area (Å²) in [5.41, 5.74) is 0.739. The molecule has 1 aromatic heterocycles. The maximum Gasteiger partial charge on any atom is 0.265 e. The molecule has 208 valence electrons. The molecule has 2 aromatic rings. The number of rotatable bonds is 6. The number of fused-ring (bicyclic) bond motifs is 1. The van der Waals surface area contributed by atoms with Gasteiger partial charge in [-0.25, -0.2) is 4.98 Å². The van der Waals surface area contributed by atoms with Crippen molar-refractivity contribution in [3.8, 4) is 5.75 Å². The summed E-state index contributed by atoms with van der Waals surface area (Å²) >= 11 is 0. The fourth-order valence-corrected chi connectivity index (χ4v) is 8.92. The van der Waals surface area contributed by atoms with Crippen molar-refractivity contribution in [1.82, 2.24) is 24.7 Å². The number of benzene rings is 1. The summed E-state index contributed by atoms with van der Waals surface area (Å²) in [6, 6.07) is 4.71. The molecule has 6 fully saturated rings. The van der Waals surface area contributed by atoms with Gasteiger partial charge >= 0.3 is 0 Å². The van der Waals surface area contributed by atoms with Crippen LogP contribution in [0.5, 0.6) is 5.75 Å². The summed E-state index contributed by atoms with van der Waals surface area (Å²) in [5.74, 6) is 3.11. The number of hydrogen-bond acceptors (Lipinski definition) is 7. The molecule has 4 bridgehead atoms. The van der Waals surface area contributed by atoms with Gasteiger partial charge < -0.3 is 4.74 Å². The lowest BCUT2D eigenvalue weighted by Crippen LogP contribution is -2.64. The van der Waals surface area contributed by atoms with Crippen molar-refractivity contribution in [2.24, 2.45) is 17.8 Å². The molecule has 8 rings (SSSR count). The smallest absolute Gasteiger partial charge is 0.265 e. The van der Waals surface area contributed by atoms with Crippen LogP contribution in [0.4, 0.5) is 0 Å². The van der Waals surface area contributed by atoms with Crippen molar-refractivity contribution in [2.45, 2.75) is 69.9 Å². The van der Waals surface area contributed by atoms with Crippen molar-refractivity contribution in [2.75, 3.05) is 39.3 Å². The van der Waals surface area contributed by atoms with Gasteiger partial charge in [-0.3, -0.25) is 34.1 Å². The molecule has 3 heterocycles. The lowest BCUT2D eigenvalue weighted by molar-refractivity contribution is -0.135. The van der Waals surface area contributed by atoms with Crippen molar-refractivity contribution < 1.29 is 14.3 Å². The second-order valence-corrected chi connectivity index (χ2v) is 12.8. The maximum atomic E-state index is 13.6. The highest BCUT2D eigenvalue weighted by Gasteiger charge is 2.53. The summed E-state index contributed by atoms with van der Waals surface area (Å²) < 4.78 is 7.61. The van der Waals surface area contributed by atoms with Crippen LogP contribution in [0.25, 0.3) is 10.9 Å². The van der Waals surface area contributed by atoms with Gasteiger partial charge in [0.1, 0.15) is 29.6 Å². The number of imide groups is 1. The first kappa shape index (κ1) is 25.2. The van der Waals surface area contributed by atoms with E-state index >= 15 is 0 Å². The number of amides is 2. The number of ether oxygens (including phenoxy) is 1. The van der Waals surface area contributed by atoms with Crippen LogP contribution in [0.2, 0.25) is 0 Å². The van der Waals surface area contributed by atoms with Crippen LogP contribution in [0.15, 0.2) is 23.0 Å². The largest absolute Gasteiger partial charge is 0.491 e. The highest BCUT2D eigenvalue weighted by Crippen LogP contribution is 2.57. The molecule has 1 aromatic carbocycles. The highest BCUT2D eigenvalue weighted by atomic mass is 16.5. The molecule has 9 nitrogen and oxygen atoms in total. The Hall–Kier alpha value is -2.78. The number of hydrogen-bond donors (Lipinski definition) is 1. The second-order valence-electron chi connectivity index (χ2n) is 12.8. The molecule has 2 amide bonds. The van der Waals surface area contributed by atoms with E-state index in [0.717, 1.165) is 50.5 Å². The minimum Gasteiger partial charge on any atom is -0.491 e. The SMILES string of the molecule is Cc1nc2cccc(OCCN3CCN(C45CC6CC(CC(C6)C4)C5)CC3)c2c(=O)n1C1CCC(=O)NC1=O. The van der Waals surface area contributed by atoms with E-state index in [-0.39, 0.29) is 24.3 Å². The zero-order valence-corrected chi connectivity index (χ0v) is 22.9. The van der Waals surface area contributed by atoms with E-state index in [1.807, 2.05) is 6.07 Å². The van der Waals surface area contributed by atoms with Crippen LogP contribution >= 0.6 is 0 Å². The lowest BCUT2D eigenvalue weighted by atomic mass is 9.52. The molecular formula is C30H39N5O4. The maximum absolute atomic E-state index is 13.6. The first-order valence-electron chi connectivity index (χ1n) is 14.8. The molecule has 1 atom stereocenters. The Morgan fingerprint density at radius 3 is 2.36 bits per heavy atom. The van der Waals surface area contributed by atoms with Crippen LogP contribution < -0.4 is 15.6 Å². The number of piperazine rings is 1. The fraction of sp³-hybridized carbons (Fsp3) is 0.667. The van der Waals surface area contributed by atoms with E-state index < -0.39 is 11.9 Å². The van der Waals surface area contributed by atoms with Gasteiger partial charge in [0.05, 0.1) is 5.52 Å². The Kier molecular flexibility index (Phi) is 6.27. The van der Waals surface area contributed by atoms with Gasteiger partial charge in [0.15, 0.2) is 0 Å². The van der Waals surface area contributed by atoms with Crippen LogP contribution in [0.1, 0.15) is 63.2 Å². The molecule has 0 radical (unpaired) electrons. The molecule has 0 spiro atoms. The van der Waals surface area contributed by atoms with Gasteiger partial charge in [-0.05, 0) is 81.8 Å². The molecule has 39 heavy (non-hydrogen) atoms. The molecule has 4 aliphatic carbocycles. The van der Waals surface area contributed by atoms with E-state index in [1.54, 1.807) is 19.1 Å². The molecule has 1 unspecified atom stereocenters. The molecule has 2 aliphatic heterocycles. The number of aryl methyl sites for hydroxylation is 1. The first-order valence-corrected chi connectivity index (χ1v) is 14.8. The Labute approximate surface area is 228 Å². The summed E-state index contributed by atoms with van der Waals surface area (Å²) in [6.45, 7) is 7.42. The second kappa shape index (κ2) is 9.70. The molecule has 6 aliphatic rings. The molecule has 2 saturated heterocycles. The van der Waals surface area contributed by atoms with Gasteiger partial charge in [0.2, 0.25) is 11.8 Å². The van der Waals surface area contributed by atoms with Gasteiger partial charge in [-0.15, -0.1) is 0 Å². The number of carbonyl (C=O) groups excluding carboxylic acids is 2. The van der Waals surface area contributed by atoms with Crippen LogP contribution in [0, 0.1) is 24.7 Å². The molecule has 9 heteroatoms. The average Bonchev–Trinajstić information content (AvgIpc) is 2.89. The van der Waals surface area contributed by atoms with Gasteiger partial charge in [-0.2, -0.15) is 0 Å². The predicted molar refractivity (Wildman–Crippen MR) is 147 cm³/mol. The van der Waals surface area contributed by atoms with Crippen LogP contribution in [-0.2, 0) is 9.59 Å². The third-order valence-electron chi connectivity index (χ3n) is 10.3. The van der Waals surface area contributed by atoms with Crippen molar-refractivity contribution in [1.29, 1.82) is 0 Å². The van der Waals surface area contributed by atoms with E-state index in [2.05, 4.69) is 20.1 Å². The topological polar surface area (TPSA) is 96.8 Å². The highest BCUT2D eigenvalue weighted by molar-refractivity contribution is 5.99. The fourth-order valence-electron chi connectivity index (χ4n) is 8.92. The summed E-state index contributed by atoms with van der Waals surface area (Å²) in [7, 11) is 0. The monoisotopic (exact) mass is 533 g/mol. The summed E-state index contributed by atoms with van der Waals surface area (Å²) in [6.07, 6.45) is 9.22. The van der Waals surface area contributed by atoms with E-state index in [9.17, 15) is 14.4 Å². The molecule has 1 N–H and O–H groups in total. The quantitative estimate of drug-likeness (QED) is 0.571. The van der Waals surface area contributed by atoms with E-state index in [0.29, 0.717) is 34.6 Å². The predicted octanol–water partition coefficient (Wildman–Crippen LogP) is 2.65. The van der Waals surface area contributed by atoms with Gasteiger partial charge in [-0.1, -0.05) is 6.07 Å². The van der Waals surface area contributed by atoms with Gasteiger partial charge in [0, 0.05) is 44.7 Å². The number of carbonyl (C=O) groups is 2. The van der Waals surface area contributed by atoms with Crippen molar-refractivity contribution in [3.63, 3.8) is 0 Å². The Morgan fingerprint density at radius 1 is 1.00 bits per heavy atom. The first-order chi connectivity index (χ1) is 18.9. The average molecular weight is 534 g/mol. The summed E-state index contributed by atoms with van der Waals surface area (Å²) in [5, 5.41) is 2.74. The number of nitrogens with one attached hydrogen (secondary N) is 1. The van der Waals surface area contributed by atoms with Crippen molar-refractivity contribution >= 4 is 22.7 Å². The van der Waals surface area contributed by atoms with Crippen LogP contribution in [-0.4, -0.2) is 76.0 Å².